The van der Waals surface area contributed by atoms with Crippen molar-refractivity contribution in [2.45, 2.75) is 13.8 Å². The van der Waals surface area contributed by atoms with Gasteiger partial charge < -0.3 is 0 Å². The summed E-state index contributed by atoms with van der Waals surface area (Å²) in [5, 5.41) is 4.05. The second-order valence-corrected chi connectivity index (χ2v) is 8.67. The minimum Gasteiger partial charge on any atom is -0.271 e. The summed E-state index contributed by atoms with van der Waals surface area (Å²) in [4.78, 5) is 12.2. The predicted molar refractivity (Wildman–Crippen MR) is 108 cm³/mol. The summed E-state index contributed by atoms with van der Waals surface area (Å²) in [5.74, 6) is -0.520. The standard InChI is InChI=1S/C18H20BrN3O3S/c1-13-5-4-6-17(11-13)22(26(3,24)25)12-18(23)21-20-14(2)15-7-9-16(19)10-8-15/h4-11H,12H2,1-3H3,(H,21,23)/b20-14-. The first-order valence-corrected chi connectivity index (χ1v) is 10.4. The minimum atomic E-state index is -3.61. The van der Waals surface area contributed by atoms with Gasteiger partial charge in [-0.2, -0.15) is 5.10 Å². The molecule has 2 rings (SSSR count). The molecule has 0 saturated carbocycles. The van der Waals surface area contributed by atoms with Crippen molar-refractivity contribution in [2.24, 2.45) is 5.10 Å². The van der Waals surface area contributed by atoms with E-state index in [0.29, 0.717) is 11.4 Å². The maximum absolute atomic E-state index is 12.2. The van der Waals surface area contributed by atoms with Crippen LogP contribution in [0.5, 0.6) is 0 Å². The fourth-order valence-corrected chi connectivity index (χ4v) is 3.36. The number of halogens is 1. The molecular weight excluding hydrogens is 418 g/mol. The van der Waals surface area contributed by atoms with Crippen LogP contribution in [0.1, 0.15) is 18.1 Å². The molecule has 0 aliphatic carbocycles. The SMILES string of the molecule is C/C(=N/NC(=O)CN(c1cccc(C)c1)S(C)(=O)=O)c1ccc(Br)cc1. The van der Waals surface area contributed by atoms with E-state index in [4.69, 9.17) is 0 Å². The third kappa shape index (κ3) is 5.67. The van der Waals surface area contributed by atoms with Crippen LogP contribution in [-0.2, 0) is 14.8 Å². The Bertz CT molecular complexity index is 925. The number of nitrogens with zero attached hydrogens (tertiary/aromatic N) is 2. The molecule has 0 unspecified atom stereocenters. The Kier molecular flexibility index (Phi) is 6.55. The van der Waals surface area contributed by atoms with Crippen LogP contribution >= 0.6 is 15.9 Å². The van der Waals surface area contributed by atoms with Gasteiger partial charge in [0.1, 0.15) is 6.54 Å². The molecule has 0 saturated heterocycles. The van der Waals surface area contributed by atoms with Crippen LogP contribution in [0.4, 0.5) is 5.69 Å². The normalized spacial score (nSPS) is 11.9. The molecule has 0 aromatic heterocycles. The smallest absolute Gasteiger partial charge is 0.260 e. The Hall–Kier alpha value is -2.19. The molecule has 0 aliphatic rings. The number of rotatable bonds is 6. The fourth-order valence-electron chi connectivity index (χ4n) is 2.25. The van der Waals surface area contributed by atoms with Crippen LogP contribution in [0.15, 0.2) is 58.1 Å². The third-order valence-electron chi connectivity index (χ3n) is 3.59. The van der Waals surface area contributed by atoms with Gasteiger partial charge >= 0.3 is 0 Å². The van der Waals surface area contributed by atoms with E-state index in [1.807, 2.05) is 37.3 Å². The molecule has 1 amide bonds. The van der Waals surface area contributed by atoms with Gasteiger partial charge in [-0.3, -0.25) is 9.10 Å². The van der Waals surface area contributed by atoms with Crippen LogP contribution in [-0.4, -0.2) is 32.8 Å². The minimum absolute atomic E-state index is 0.348. The van der Waals surface area contributed by atoms with Gasteiger partial charge in [-0.25, -0.2) is 13.8 Å². The van der Waals surface area contributed by atoms with Gasteiger partial charge in [-0.1, -0.05) is 40.2 Å². The maximum Gasteiger partial charge on any atom is 0.260 e. The first-order chi connectivity index (χ1) is 12.2. The van der Waals surface area contributed by atoms with Gasteiger partial charge in [-0.15, -0.1) is 0 Å². The average Bonchev–Trinajstić information content (AvgIpc) is 2.57. The van der Waals surface area contributed by atoms with Crippen molar-refractivity contribution in [2.75, 3.05) is 17.1 Å². The molecule has 0 heterocycles. The molecule has 0 fully saturated rings. The average molecular weight is 438 g/mol. The van der Waals surface area contributed by atoms with E-state index >= 15 is 0 Å². The van der Waals surface area contributed by atoms with Crippen molar-refractivity contribution in [1.82, 2.24) is 5.43 Å². The molecule has 2 aromatic carbocycles. The Labute approximate surface area is 162 Å². The number of hydrogen-bond acceptors (Lipinski definition) is 4. The van der Waals surface area contributed by atoms with Gasteiger partial charge in [0, 0.05) is 4.47 Å². The van der Waals surface area contributed by atoms with Crippen molar-refractivity contribution >= 4 is 43.3 Å². The van der Waals surface area contributed by atoms with Gasteiger partial charge in [0.05, 0.1) is 17.7 Å². The Morgan fingerprint density at radius 1 is 1.19 bits per heavy atom. The Morgan fingerprint density at radius 2 is 1.85 bits per heavy atom. The zero-order chi connectivity index (χ0) is 19.3. The summed E-state index contributed by atoms with van der Waals surface area (Å²) in [6.45, 7) is 3.27. The summed E-state index contributed by atoms with van der Waals surface area (Å²) < 4.78 is 26.2. The molecule has 0 radical (unpaired) electrons. The highest BCUT2D eigenvalue weighted by Crippen LogP contribution is 2.18. The monoisotopic (exact) mass is 437 g/mol. The topological polar surface area (TPSA) is 78.8 Å². The molecule has 6 nitrogen and oxygen atoms in total. The molecule has 8 heteroatoms. The van der Waals surface area contributed by atoms with Crippen molar-refractivity contribution in [3.63, 3.8) is 0 Å². The number of amides is 1. The van der Waals surface area contributed by atoms with E-state index in [1.54, 1.807) is 25.1 Å². The van der Waals surface area contributed by atoms with E-state index < -0.39 is 15.9 Å². The predicted octanol–water partition coefficient (Wildman–Crippen LogP) is 3.06. The second kappa shape index (κ2) is 8.46. The number of benzene rings is 2. The van der Waals surface area contributed by atoms with Crippen molar-refractivity contribution in [3.8, 4) is 0 Å². The van der Waals surface area contributed by atoms with E-state index in [-0.39, 0.29) is 6.54 Å². The van der Waals surface area contributed by atoms with E-state index in [9.17, 15) is 13.2 Å². The van der Waals surface area contributed by atoms with E-state index in [2.05, 4.69) is 26.5 Å². The zero-order valence-corrected chi connectivity index (χ0v) is 17.1. The lowest BCUT2D eigenvalue weighted by molar-refractivity contribution is -0.119. The first kappa shape index (κ1) is 20.1. The number of nitrogens with one attached hydrogen (secondary N) is 1. The molecule has 0 spiro atoms. The summed E-state index contributed by atoms with van der Waals surface area (Å²) in [7, 11) is -3.61. The highest BCUT2D eigenvalue weighted by Gasteiger charge is 2.20. The van der Waals surface area contributed by atoms with Crippen molar-refractivity contribution in [3.05, 3.63) is 64.1 Å². The molecule has 0 aliphatic heterocycles. The molecular formula is C18H20BrN3O3S. The quantitative estimate of drug-likeness (QED) is 0.556. The largest absolute Gasteiger partial charge is 0.271 e. The number of sulfonamides is 1. The van der Waals surface area contributed by atoms with E-state index in [0.717, 1.165) is 26.2 Å². The molecule has 2 aromatic rings. The number of anilines is 1. The Balaban J connectivity index is 2.12. The number of hydrogen-bond donors (Lipinski definition) is 1. The van der Waals surface area contributed by atoms with E-state index in [1.165, 1.54) is 0 Å². The van der Waals surface area contributed by atoms with Gasteiger partial charge in [0.25, 0.3) is 5.91 Å². The molecule has 0 atom stereocenters. The van der Waals surface area contributed by atoms with Crippen molar-refractivity contribution < 1.29 is 13.2 Å². The first-order valence-electron chi connectivity index (χ1n) is 7.80. The van der Waals surface area contributed by atoms with Gasteiger partial charge in [0.2, 0.25) is 10.0 Å². The molecule has 26 heavy (non-hydrogen) atoms. The summed E-state index contributed by atoms with van der Waals surface area (Å²) in [6.07, 6.45) is 1.07. The lowest BCUT2D eigenvalue weighted by atomic mass is 10.1. The van der Waals surface area contributed by atoms with Crippen LogP contribution in [0.25, 0.3) is 0 Å². The molecule has 1 N–H and O–H groups in total. The summed E-state index contributed by atoms with van der Waals surface area (Å²) in [6, 6.07) is 14.4. The lowest BCUT2D eigenvalue weighted by Crippen LogP contribution is -2.39. The Morgan fingerprint density at radius 3 is 2.42 bits per heavy atom. The van der Waals surface area contributed by atoms with Crippen molar-refractivity contribution in [1.29, 1.82) is 0 Å². The number of carbonyl (C=O) groups excluding carboxylic acids is 1. The molecule has 138 valence electrons. The highest BCUT2D eigenvalue weighted by atomic mass is 79.9. The van der Waals surface area contributed by atoms with Crippen LogP contribution in [0, 0.1) is 6.92 Å². The zero-order valence-electron chi connectivity index (χ0n) is 14.7. The fraction of sp³-hybridized carbons (Fsp3) is 0.222. The lowest BCUT2D eigenvalue weighted by Gasteiger charge is -2.21. The van der Waals surface area contributed by atoms with Crippen LogP contribution in [0.3, 0.4) is 0 Å². The number of carbonyl (C=O) groups is 1. The third-order valence-corrected chi connectivity index (χ3v) is 5.26. The van der Waals surface area contributed by atoms with Crippen LogP contribution < -0.4 is 9.73 Å². The van der Waals surface area contributed by atoms with Crippen LogP contribution in [0.2, 0.25) is 0 Å². The van der Waals surface area contributed by atoms with Gasteiger partial charge in [0.15, 0.2) is 0 Å². The summed E-state index contributed by atoms with van der Waals surface area (Å²) >= 11 is 3.36. The number of hydrazone groups is 1. The summed E-state index contributed by atoms with van der Waals surface area (Å²) in [5.41, 5.74) is 5.23. The molecule has 0 bridgehead atoms. The highest BCUT2D eigenvalue weighted by molar-refractivity contribution is 9.10. The second-order valence-electron chi connectivity index (χ2n) is 5.85. The maximum atomic E-state index is 12.2. The number of aryl methyl sites for hydroxylation is 1. The van der Waals surface area contributed by atoms with Gasteiger partial charge in [-0.05, 0) is 49.2 Å².